The summed E-state index contributed by atoms with van der Waals surface area (Å²) >= 11 is 18.5. The molecule has 0 saturated carbocycles. The summed E-state index contributed by atoms with van der Waals surface area (Å²) in [6, 6.07) is 1.54. The van der Waals surface area contributed by atoms with Gasteiger partial charge in [-0.1, -0.05) is 47.2 Å². The highest BCUT2D eigenvalue weighted by molar-refractivity contribution is 8.23. The number of amides is 1. The van der Waals surface area contributed by atoms with Crippen LogP contribution in [0.4, 0.5) is 5.82 Å². The van der Waals surface area contributed by atoms with Crippen molar-refractivity contribution in [3.8, 4) is 0 Å². The molecule has 4 nitrogen and oxygen atoms in total. The Morgan fingerprint density at radius 2 is 2.14 bits per heavy atom. The van der Waals surface area contributed by atoms with Crippen molar-refractivity contribution in [1.29, 1.82) is 0 Å². The van der Waals surface area contributed by atoms with Gasteiger partial charge >= 0.3 is 0 Å². The van der Waals surface area contributed by atoms with Crippen LogP contribution in [-0.2, 0) is 4.79 Å². The first-order valence-electron chi connectivity index (χ1n) is 6.55. The first kappa shape index (κ1) is 16.8. The van der Waals surface area contributed by atoms with E-state index >= 15 is 0 Å². The quantitative estimate of drug-likeness (QED) is 0.826. The Morgan fingerprint density at radius 3 is 2.76 bits per heavy atom. The minimum absolute atomic E-state index is 0.182. The van der Waals surface area contributed by atoms with E-state index in [1.54, 1.807) is 6.07 Å². The molecule has 1 amide bonds. The highest BCUT2D eigenvalue weighted by Gasteiger charge is 2.22. The van der Waals surface area contributed by atoms with Gasteiger partial charge in [0, 0.05) is 19.3 Å². The van der Waals surface area contributed by atoms with E-state index in [1.165, 1.54) is 18.0 Å². The van der Waals surface area contributed by atoms with Crippen molar-refractivity contribution in [3.63, 3.8) is 0 Å². The van der Waals surface area contributed by atoms with Crippen LogP contribution in [0.25, 0.3) is 0 Å². The molecule has 1 aliphatic heterocycles. The second kappa shape index (κ2) is 7.63. The van der Waals surface area contributed by atoms with Crippen molar-refractivity contribution in [3.05, 3.63) is 22.3 Å². The predicted octanol–water partition coefficient (Wildman–Crippen LogP) is 3.83. The predicted molar refractivity (Wildman–Crippen MR) is 93.3 cm³/mol. The zero-order valence-corrected chi connectivity index (χ0v) is 14.6. The molecule has 1 fully saturated rings. The summed E-state index contributed by atoms with van der Waals surface area (Å²) in [4.78, 5) is 18.3. The first-order valence-corrected chi connectivity index (χ1v) is 8.59. The van der Waals surface area contributed by atoms with E-state index in [1.807, 2.05) is 6.92 Å². The molecule has 1 aromatic heterocycles. The number of halogens is 2. The second-order valence-corrected chi connectivity index (χ2v) is 7.51. The standard InChI is InChI=1S/C13H15Cl2N3OS2/c1-8(21-13(20)18-4-2-3-5-18)12(19)17-11-10(15)6-9(14)7-16-11/h6-8H,2-5H2,1H3,(H,16,17,19). The van der Waals surface area contributed by atoms with Crippen molar-refractivity contribution in [2.45, 2.75) is 25.0 Å². The van der Waals surface area contributed by atoms with Crippen molar-refractivity contribution in [1.82, 2.24) is 9.88 Å². The number of nitrogens with zero attached hydrogens (tertiary/aromatic N) is 2. The van der Waals surface area contributed by atoms with Crippen LogP contribution in [0, 0.1) is 0 Å². The van der Waals surface area contributed by atoms with Crippen LogP contribution >= 0.6 is 47.2 Å². The maximum absolute atomic E-state index is 12.2. The second-order valence-electron chi connectivity index (χ2n) is 4.69. The normalized spacial score (nSPS) is 15.9. The Labute approximate surface area is 143 Å². The van der Waals surface area contributed by atoms with Gasteiger partial charge < -0.3 is 10.2 Å². The molecule has 1 saturated heterocycles. The molecule has 21 heavy (non-hydrogen) atoms. The number of carbonyl (C=O) groups is 1. The van der Waals surface area contributed by atoms with Gasteiger partial charge in [-0.2, -0.15) is 0 Å². The number of likely N-dealkylation sites (tertiary alicyclic amines) is 1. The van der Waals surface area contributed by atoms with Crippen LogP contribution in [0.5, 0.6) is 0 Å². The Hall–Kier alpha value is -0.560. The fourth-order valence-corrected chi connectivity index (χ4v) is 3.75. The van der Waals surface area contributed by atoms with Crippen LogP contribution in [-0.4, -0.2) is 38.5 Å². The highest BCUT2D eigenvalue weighted by atomic mass is 35.5. The summed E-state index contributed by atoms with van der Waals surface area (Å²) in [7, 11) is 0. The summed E-state index contributed by atoms with van der Waals surface area (Å²) in [6.07, 6.45) is 3.76. The van der Waals surface area contributed by atoms with Gasteiger partial charge in [-0.25, -0.2) is 4.98 Å². The molecule has 1 aromatic rings. The molecule has 8 heteroatoms. The molecule has 0 aromatic carbocycles. The van der Waals surface area contributed by atoms with E-state index in [2.05, 4.69) is 15.2 Å². The molecule has 0 radical (unpaired) electrons. The van der Waals surface area contributed by atoms with Crippen LogP contribution in [0.3, 0.4) is 0 Å². The van der Waals surface area contributed by atoms with Crippen LogP contribution in [0.2, 0.25) is 10.0 Å². The summed E-state index contributed by atoms with van der Waals surface area (Å²) in [5.74, 6) is 0.129. The number of pyridine rings is 1. The fourth-order valence-electron chi connectivity index (χ4n) is 1.90. The average molecular weight is 364 g/mol. The molecule has 0 spiro atoms. The van der Waals surface area contributed by atoms with E-state index in [9.17, 15) is 4.79 Å². The van der Waals surface area contributed by atoms with Gasteiger partial charge in [-0.15, -0.1) is 0 Å². The van der Waals surface area contributed by atoms with Crippen molar-refractivity contribution < 1.29 is 4.79 Å². The maximum atomic E-state index is 12.2. The number of thioether (sulfide) groups is 1. The van der Waals surface area contributed by atoms with Crippen LogP contribution < -0.4 is 5.32 Å². The average Bonchev–Trinajstić information content (AvgIpc) is 2.95. The van der Waals surface area contributed by atoms with Gasteiger partial charge in [0.05, 0.1) is 15.3 Å². The van der Waals surface area contributed by atoms with Gasteiger partial charge in [-0.05, 0) is 25.8 Å². The van der Waals surface area contributed by atoms with Gasteiger partial charge in [0.25, 0.3) is 0 Å². The molecule has 1 unspecified atom stereocenters. The summed E-state index contributed by atoms with van der Waals surface area (Å²) in [5.41, 5.74) is 0. The molecule has 1 aliphatic rings. The number of rotatable bonds is 3. The third-order valence-electron chi connectivity index (χ3n) is 3.06. The zero-order valence-electron chi connectivity index (χ0n) is 11.4. The largest absolute Gasteiger partial charge is 0.358 e. The van der Waals surface area contributed by atoms with E-state index < -0.39 is 0 Å². The number of anilines is 1. The van der Waals surface area contributed by atoms with Gasteiger partial charge in [0.2, 0.25) is 5.91 Å². The smallest absolute Gasteiger partial charge is 0.238 e. The van der Waals surface area contributed by atoms with Crippen molar-refractivity contribution in [2.24, 2.45) is 0 Å². The monoisotopic (exact) mass is 363 g/mol. The molecular formula is C13H15Cl2N3OS2. The summed E-state index contributed by atoms with van der Waals surface area (Å²) in [6.45, 7) is 3.77. The number of hydrogen-bond acceptors (Lipinski definition) is 4. The van der Waals surface area contributed by atoms with E-state index in [0.717, 1.165) is 30.3 Å². The number of aromatic nitrogens is 1. The summed E-state index contributed by atoms with van der Waals surface area (Å²) in [5, 5.41) is 3.12. The zero-order chi connectivity index (χ0) is 15.4. The molecule has 2 rings (SSSR count). The van der Waals surface area contributed by atoms with Gasteiger partial charge in [-0.3, -0.25) is 4.79 Å². The Bertz CT molecular complexity index is 550. The minimum Gasteiger partial charge on any atom is -0.358 e. The van der Waals surface area contributed by atoms with E-state index in [4.69, 9.17) is 35.4 Å². The molecule has 1 atom stereocenters. The lowest BCUT2D eigenvalue weighted by Crippen LogP contribution is -2.29. The van der Waals surface area contributed by atoms with Crippen LogP contribution in [0.1, 0.15) is 19.8 Å². The highest BCUT2D eigenvalue weighted by Crippen LogP contribution is 2.25. The Balaban J connectivity index is 1.91. The Morgan fingerprint density at radius 1 is 1.48 bits per heavy atom. The number of hydrogen-bond donors (Lipinski definition) is 1. The molecule has 2 heterocycles. The van der Waals surface area contributed by atoms with E-state index in [-0.39, 0.29) is 11.2 Å². The third kappa shape index (κ3) is 4.71. The first-order chi connectivity index (χ1) is 9.97. The topological polar surface area (TPSA) is 45.2 Å². The molecule has 0 bridgehead atoms. The molecule has 114 valence electrons. The fraction of sp³-hybridized carbons (Fsp3) is 0.462. The lowest BCUT2D eigenvalue weighted by atomic mass is 10.4. The number of thiocarbonyl (C=S) groups is 1. The van der Waals surface area contributed by atoms with Crippen LogP contribution in [0.15, 0.2) is 12.3 Å². The SMILES string of the molecule is CC(SC(=S)N1CCCC1)C(=O)Nc1ncc(Cl)cc1Cl. The molecule has 0 aliphatic carbocycles. The number of nitrogens with one attached hydrogen (secondary N) is 1. The molecule has 1 N–H and O–H groups in total. The summed E-state index contributed by atoms with van der Waals surface area (Å²) < 4.78 is 0.769. The lowest BCUT2D eigenvalue weighted by Gasteiger charge is -2.20. The number of carbonyl (C=O) groups excluding carboxylic acids is 1. The maximum Gasteiger partial charge on any atom is 0.238 e. The van der Waals surface area contributed by atoms with Gasteiger partial charge in [0.15, 0.2) is 5.82 Å². The lowest BCUT2D eigenvalue weighted by molar-refractivity contribution is -0.115. The molecular weight excluding hydrogens is 349 g/mol. The third-order valence-corrected chi connectivity index (χ3v) is 5.13. The minimum atomic E-state index is -0.313. The van der Waals surface area contributed by atoms with Gasteiger partial charge in [0.1, 0.15) is 4.32 Å². The van der Waals surface area contributed by atoms with Crippen molar-refractivity contribution >= 4 is 63.2 Å². The Kier molecular flexibility index (Phi) is 6.10. The van der Waals surface area contributed by atoms with Crippen molar-refractivity contribution in [2.75, 3.05) is 18.4 Å². The van der Waals surface area contributed by atoms with E-state index in [0.29, 0.717) is 15.9 Å².